The predicted molar refractivity (Wildman–Crippen MR) is 234 cm³/mol. The van der Waals surface area contributed by atoms with E-state index < -0.39 is 0 Å². The summed E-state index contributed by atoms with van der Waals surface area (Å²) in [6, 6.07) is 0. The first-order valence-corrected chi connectivity index (χ1v) is 22.9. The Hall–Kier alpha value is -2.70. The van der Waals surface area contributed by atoms with Crippen molar-refractivity contribution in [1.82, 2.24) is 10.6 Å². The molecule has 0 radical (unpaired) electrons. The number of carbonyl (C=O) groups is 2. The van der Waals surface area contributed by atoms with E-state index in [0.717, 1.165) is 70.6 Å². The van der Waals surface area contributed by atoms with Crippen molar-refractivity contribution in [2.45, 2.75) is 162 Å². The number of fused-ring (bicyclic) bond motifs is 5. The lowest BCUT2D eigenvalue weighted by molar-refractivity contribution is -0.203. The first-order valence-electron chi connectivity index (χ1n) is 22.9. The van der Waals surface area contributed by atoms with Gasteiger partial charge in [0.2, 0.25) is 11.8 Å². The predicted octanol–water partition coefficient (Wildman–Crippen LogP) is 10.7. The Labute approximate surface area is 341 Å². The molecule has 0 aromatic heterocycles. The van der Waals surface area contributed by atoms with E-state index in [0.29, 0.717) is 67.9 Å². The van der Waals surface area contributed by atoms with Gasteiger partial charge in [0, 0.05) is 25.9 Å². The Kier molecular flexibility index (Phi) is 19.4. The van der Waals surface area contributed by atoms with Gasteiger partial charge in [-0.25, -0.2) is 0 Å². The first kappa shape index (κ1) is 46.0. The minimum atomic E-state index is -0.269. The van der Waals surface area contributed by atoms with Crippen LogP contribution in [0.15, 0.2) is 72.9 Å². The molecule has 11 atom stereocenters. The molecule has 0 aromatic carbocycles. The normalized spacial score (nSPS) is 33.8. The third-order valence-corrected chi connectivity index (χ3v) is 14.9. The lowest BCUT2D eigenvalue weighted by Gasteiger charge is -2.64. The van der Waals surface area contributed by atoms with Crippen LogP contribution >= 0.6 is 0 Å². The zero-order chi connectivity index (χ0) is 40.4. The molecule has 0 bridgehead atoms. The third kappa shape index (κ3) is 12.6. The highest BCUT2D eigenvalue weighted by Gasteiger charge is 2.64. The molecular weight excluding hydrogens is 693 g/mol. The Morgan fingerprint density at radius 2 is 1.18 bits per heavy atom. The van der Waals surface area contributed by atoms with Crippen LogP contribution in [0.4, 0.5) is 0 Å². The molecule has 4 rings (SSSR count). The quantitative estimate of drug-likeness (QED) is 0.0650. The van der Waals surface area contributed by atoms with Crippen molar-refractivity contribution in [3.8, 4) is 0 Å². The van der Waals surface area contributed by atoms with Crippen molar-refractivity contribution >= 4 is 11.8 Å². The summed E-state index contributed by atoms with van der Waals surface area (Å²) in [7, 11) is 0. The maximum Gasteiger partial charge on any atom is 0.220 e. The minimum absolute atomic E-state index is 0.0186. The summed E-state index contributed by atoms with van der Waals surface area (Å²) in [6.07, 6.45) is 42.8. The van der Waals surface area contributed by atoms with Gasteiger partial charge in [-0.05, 0) is 149 Å². The highest BCUT2D eigenvalue weighted by molar-refractivity contribution is 5.77. The Morgan fingerprint density at radius 1 is 0.661 bits per heavy atom. The standard InChI is InChI=1S/C50H80N2O4/c1-6-8-9-10-11-12-13-14-15-16-17-18-19-20-21-22-23-24-25-26-45(54)51-35-36-52-46(55)30-27-38(3)41-28-29-42-47-43(32-34-49(41,42)4)50(5)33-31-39(53)37-44(50)40(7-2)48(47)56/h8-9,11-12,14-15,17-18,20-21,23-24,38-44,47-48,53,56H,6-7,10,13,16,19,22,25-37H2,1-5H3,(H,51,54)(H,52,55)/b9-8-,12-11-,15-14-,18-17-,21-20-,24-23-/t38-,39-,40-,41?,42+,43+,44+,47+,48-,49-,50-/m1/s1. The first-order chi connectivity index (χ1) is 27.1. The van der Waals surface area contributed by atoms with Gasteiger partial charge in [-0.2, -0.15) is 0 Å². The smallest absolute Gasteiger partial charge is 0.220 e. The summed E-state index contributed by atoms with van der Waals surface area (Å²) in [5, 5.41) is 28.5. The molecule has 314 valence electrons. The molecule has 4 aliphatic carbocycles. The average molecular weight is 773 g/mol. The number of amides is 2. The van der Waals surface area contributed by atoms with Crippen LogP contribution < -0.4 is 10.6 Å². The lowest BCUT2D eigenvalue weighted by Crippen LogP contribution is -2.62. The van der Waals surface area contributed by atoms with Crippen LogP contribution in [-0.4, -0.2) is 47.3 Å². The zero-order valence-corrected chi connectivity index (χ0v) is 36.0. The number of nitrogens with one attached hydrogen (secondary N) is 2. The average Bonchev–Trinajstić information content (AvgIpc) is 3.54. The maximum absolute atomic E-state index is 12.8. The molecule has 0 aliphatic heterocycles. The number of hydrogen-bond donors (Lipinski definition) is 4. The summed E-state index contributed by atoms with van der Waals surface area (Å²) in [6.45, 7) is 12.7. The molecule has 0 saturated heterocycles. The van der Waals surface area contributed by atoms with Crippen LogP contribution in [-0.2, 0) is 9.59 Å². The van der Waals surface area contributed by atoms with Crippen LogP contribution in [0.3, 0.4) is 0 Å². The topological polar surface area (TPSA) is 98.7 Å². The fourth-order valence-electron chi connectivity index (χ4n) is 11.9. The van der Waals surface area contributed by atoms with Gasteiger partial charge in [0.15, 0.2) is 0 Å². The van der Waals surface area contributed by atoms with E-state index >= 15 is 0 Å². The van der Waals surface area contributed by atoms with E-state index in [4.69, 9.17) is 0 Å². The molecule has 4 N–H and O–H groups in total. The second kappa shape index (κ2) is 23.6. The van der Waals surface area contributed by atoms with Gasteiger partial charge in [-0.15, -0.1) is 0 Å². The van der Waals surface area contributed by atoms with E-state index in [-0.39, 0.29) is 40.8 Å². The van der Waals surface area contributed by atoms with Gasteiger partial charge >= 0.3 is 0 Å². The molecule has 1 unspecified atom stereocenters. The second-order valence-electron chi connectivity index (χ2n) is 18.3. The molecule has 0 heterocycles. The van der Waals surface area contributed by atoms with E-state index in [1.165, 1.54) is 25.7 Å². The van der Waals surface area contributed by atoms with Crippen LogP contribution in [0.2, 0.25) is 0 Å². The van der Waals surface area contributed by atoms with Gasteiger partial charge in [-0.3, -0.25) is 9.59 Å². The van der Waals surface area contributed by atoms with Crippen molar-refractivity contribution in [1.29, 1.82) is 0 Å². The molecule has 6 nitrogen and oxygen atoms in total. The van der Waals surface area contributed by atoms with Gasteiger partial charge in [0.1, 0.15) is 0 Å². The summed E-state index contributed by atoms with van der Waals surface area (Å²) in [5.41, 5.74) is 0.435. The third-order valence-electron chi connectivity index (χ3n) is 14.9. The van der Waals surface area contributed by atoms with Crippen molar-refractivity contribution in [2.75, 3.05) is 13.1 Å². The largest absolute Gasteiger partial charge is 0.393 e. The highest BCUT2D eigenvalue weighted by Crippen LogP contribution is 2.69. The van der Waals surface area contributed by atoms with Crippen LogP contribution in [0.5, 0.6) is 0 Å². The molecule has 6 heteroatoms. The minimum Gasteiger partial charge on any atom is -0.393 e. The van der Waals surface area contributed by atoms with Crippen molar-refractivity contribution in [2.24, 2.45) is 52.3 Å². The summed E-state index contributed by atoms with van der Waals surface area (Å²) >= 11 is 0. The molecule has 4 fully saturated rings. The number of aliphatic hydroxyl groups is 2. The summed E-state index contributed by atoms with van der Waals surface area (Å²) in [5.74, 6) is 3.27. The van der Waals surface area contributed by atoms with E-state index in [9.17, 15) is 19.8 Å². The van der Waals surface area contributed by atoms with Gasteiger partial charge in [0.05, 0.1) is 12.2 Å². The number of rotatable bonds is 22. The van der Waals surface area contributed by atoms with Crippen LogP contribution in [0.25, 0.3) is 0 Å². The molecule has 0 spiro atoms. The fraction of sp³-hybridized carbons (Fsp3) is 0.720. The summed E-state index contributed by atoms with van der Waals surface area (Å²) < 4.78 is 0. The number of aliphatic hydroxyl groups excluding tert-OH is 2. The SMILES string of the molecule is CC/C=C\C/C=C\C/C=C\C/C=C\C/C=C\C/C=C\CCC(=O)NCCNC(=O)CC[C@@H](C)C1CC[C@H]2[C@@H]3[C@H](O)[C@H](CC)[C@@H]4C[C@H](O)CC[C@]4(C)[C@H]3CC[C@]12C. The second-order valence-corrected chi connectivity index (χ2v) is 18.3. The van der Waals surface area contributed by atoms with Crippen molar-refractivity contribution in [3.05, 3.63) is 72.9 Å². The van der Waals surface area contributed by atoms with Gasteiger partial charge < -0.3 is 20.8 Å². The van der Waals surface area contributed by atoms with E-state index in [1.807, 2.05) is 0 Å². The lowest BCUT2D eigenvalue weighted by atomic mass is 9.41. The molecular formula is C50H80N2O4. The van der Waals surface area contributed by atoms with Crippen LogP contribution in [0, 0.1) is 52.3 Å². The fourth-order valence-corrected chi connectivity index (χ4v) is 11.9. The van der Waals surface area contributed by atoms with Gasteiger partial charge in [-0.1, -0.05) is 114 Å². The van der Waals surface area contributed by atoms with Gasteiger partial charge in [0.25, 0.3) is 0 Å². The zero-order valence-electron chi connectivity index (χ0n) is 36.0. The van der Waals surface area contributed by atoms with Crippen molar-refractivity contribution in [3.63, 3.8) is 0 Å². The molecule has 2 amide bonds. The number of hydrogen-bond acceptors (Lipinski definition) is 4. The Bertz CT molecular complexity index is 1380. The maximum atomic E-state index is 12.8. The number of allylic oxidation sites excluding steroid dienone is 12. The van der Waals surface area contributed by atoms with E-state index in [1.54, 1.807) is 0 Å². The molecule has 4 aliphatic rings. The Balaban J connectivity index is 1.05. The summed E-state index contributed by atoms with van der Waals surface area (Å²) in [4.78, 5) is 25.1. The molecule has 56 heavy (non-hydrogen) atoms. The number of carbonyl (C=O) groups excluding carboxylic acids is 2. The van der Waals surface area contributed by atoms with E-state index in [2.05, 4.69) is 118 Å². The molecule has 4 saturated carbocycles. The highest BCUT2D eigenvalue weighted by atomic mass is 16.3. The Morgan fingerprint density at radius 3 is 1.75 bits per heavy atom. The van der Waals surface area contributed by atoms with Crippen molar-refractivity contribution < 1.29 is 19.8 Å². The molecule has 0 aromatic rings. The monoisotopic (exact) mass is 773 g/mol. The van der Waals surface area contributed by atoms with Crippen LogP contribution in [0.1, 0.15) is 150 Å².